The van der Waals surface area contributed by atoms with E-state index in [1.165, 1.54) is 106 Å². The highest BCUT2D eigenvalue weighted by Gasteiger charge is 2.12. The zero-order valence-electron chi connectivity index (χ0n) is 23.8. The van der Waals surface area contributed by atoms with Gasteiger partial charge in [-0.05, 0) is 66.6 Å². The Morgan fingerprint density at radius 2 is 1.08 bits per heavy atom. The highest BCUT2D eigenvalue weighted by Crippen LogP contribution is 2.25. The van der Waals surface area contributed by atoms with Gasteiger partial charge in [0, 0.05) is 4.88 Å². The fraction of sp³-hybridized carbons (Fsp3) is 0.514. The molecule has 3 rings (SSSR count). The van der Waals surface area contributed by atoms with E-state index in [0.717, 1.165) is 18.4 Å². The van der Waals surface area contributed by atoms with Gasteiger partial charge in [-0.1, -0.05) is 127 Å². The Balaban J connectivity index is 1.38. The largest absolute Gasteiger partial charge is 0.422 e. The topological polar surface area (TPSA) is 26.3 Å². The van der Waals surface area contributed by atoms with Gasteiger partial charge < -0.3 is 4.74 Å². The van der Waals surface area contributed by atoms with E-state index in [1.807, 2.05) is 30.3 Å². The van der Waals surface area contributed by atoms with Crippen LogP contribution in [0.25, 0.3) is 11.1 Å². The molecule has 2 nitrogen and oxygen atoms in total. The van der Waals surface area contributed by atoms with Gasteiger partial charge in [0.15, 0.2) is 0 Å². The molecular formula is C35H48O2S. The summed E-state index contributed by atoms with van der Waals surface area (Å²) in [6.45, 7) is 4.53. The molecule has 0 atom stereocenters. The number of benzene rings is 2. The number of thiophene rings is 1. The first kappa shape index (κ1) is 30.2. The molecule has 0 spiro atoms. The summed E-state index contributed by atoms with van der Waals surface area (Å²) in [6, 6.07) is 20.8. The molecule has 3 heteroatoms. The van der Waals surface area contributed by atoms with Gasteiger partial charge in [0.2, 0.25) is 0 Å². The van der Waals surface area contributed by atoms with E-state index in [0.29, 0.717) is 10.6 Å². The summed E-state index contributed by atoms with van der Waals surface area (Å²) >= 11 is 1.57. The predicted octanol–water partition coefficient (Wildman–Crippen LogP) is 11.2. The van der Waals surface area contributed by atoms with E-state index >= 15 is 0 Å². The molecule has 1 heterocycles. The maximum Gasteiger partial charge on any atom is 0.353 e. The van der Waals surface area contributed by atoms with Crippen molar-refractivity contribution < 1.29 is 9.53 Å². The minimum absolute atomic E-state index is 0.260. The second kappa shape index (κ2) is 18.0. The lowest BCUT2D eigenvalue weighted by Crippen LogP contribution is -2.06. The minimum Gasteiger partial charge on any atom is -0.422 e. The Morgan fingerprint density at radius 1 is 0.579 bits per heavy atom. The van der Waals surface area contributed by atoms with Gasteiger partial charge in [0.25, 0.3) is 0 Å². The number of esters is 1. The zero-order valence-corrected chi connectivity index (χ0v) is 24.6. The average Bonchev–Trinajstić information content (AvgIpc) is 3.42. The third-order valence-corrected chi connectivity index (χ3v) is 8.44. The maximum absolute atomic E-state index is 12.7. The molecule has 0 N–H and O–H groups in total. The van der Waals surface area contributed by atoms with Crippen LogP contribution in [0.15, 0.2) is 60.7 Å². The smallest absolute Gasteiger partial charge is 0.353 e. The van der Waals surface area contributed by atoms with Gasteiger partial charge in [0.05, 0.1) is 0 Å². The Morgan fingerprint density at radius 3 is 1.66 bits per heavy atom. The lowest BCUT2D eigenvalue weighted by molar-refractivity contribution is 0.0740. The van der Waals surface area contributed by atoms with E-state index in [1.54, 1.807) is 11.3 Å². The van der Waals surface area contributed by atoms with Crippen LogP contribution in [0.4, 0.5) is 0 Å². The Bertz CT molecular complexity index is 1030. The third kappa shape index (κ3) is 11.2. The standard InChI is InChI=1S/C35H48O2S/c1-3-5-7-9-11-12-14-16-18-33-27-28-34(38-33)35(36)37-32-25-23-31(24-26-32)30-21-19-29(20-22-30)17-15-13-10-8-6-4-2/h19-28H,3-18H2,1-2H3. The molecule has 206 valence electrons. The van der Waals surface area contributed by atoms with Gasteiger partial charge in [-0.2, -0.15) is 0 Å². The highest BCUT2D eigenvalue weighted by molar-refractivity contribution is 7.13. The molecule has 0 unspecified atom stereocenters. The number of hydrogen-bond acceptors (Lipinski definition) is 3. The predicted molar refractivity (Wildman–Crippen MR) is 165 cm³/mol. The number of rotatable bonds is 19. The molecule has 0 radical (unpaired) electrons. The SMILES string of the molecule is CCCCCCCCCCc1ccc(C(=O)Oc2ccc(-c3ccc(CCCCCCCC)cc3)cc2)s1. The van der Waals surface area contributed by atoms with Crippen LogP contribution in [0, 0.1) is 0 Å². The minimum atomic E-state index is -0.260. The van der Waals surface area contributed by atoms with Crippen LogP contribution in [0.5, 0.6) is 5.75 Å². The normalized spacial score (nSPS) is 11.1. The van der Waals surface area contributed by atoms with E-state index in [4.69, 9.17) is 4.74 Å². The van der Waals surface area contributed by atoms with E-state index in [-0.39, 0.29) is 5.97 Å². The highest BCUT2D eigenvalue weighted by atomic mass is 32.1. The first-order valence-electron chi connectivity index (χ1n) is 15.2. The Kier molecular flexibility index (Phi) is 14.3. The Hall–Kier alpha value is -2.39. The maximum atomic E-state index is 12.7. The summed E-state index contributed by atoms with van der Waals surface area (Å²) in [6.07, 6.45) is 20.8. The molecule has 38 heavy (non-hydrogen) atoms. The van der Waals surface area contributed by atoms with Crippen LogP contribution >= 0.6 is 11.3 Å². The van der Waals surface area contributed by atoms with E-state index in [9.17, 15) is 4.79 Å². The van der Waals surface area contributed by atoms with E-state index in [2.05, 4.69) is 44.2 Å². The number of unbranched alkanes of at least 4 members (excludes halogenated alkanes) is 12. The summed E-state index contributed by atoms with van der Waals surface area (Å²) in [5, 5.41) is 0. The fourth-order valence-electron chi connectivity index (χ4n) is 4.90. The molecule has 1 aromatic heterocycles. The summed E-state index contributed by atoms with van der Waals surface area (Å²) in [5.41, 5.74) is 3.74. The van der Waals surface area contributed by atoms with Gasteiger partial charge in [-0.25, -0.2) is 4.79 Å². The summed E-state index contributed by atoms with van der Waals surface area (Å²) in [5.74, 6) is 0.334. The lowest BCUT2D eigenvalue weighted by atomic mass is 10.0. The van der Waals surface area contributed by atoms with Crippen molar-refractivity contribution in [2.24, 2.45) is 0 Å². The number of ether oxygens (including phenoxy) is 1. The molecule has 0 saturated heterocycles. The molecule has 0 fully saturated rings. The zero-order chi connectivity index (χ0) is 26.8. The van der Waals surface area contributed by atoms with Crippen LogP contribution in [0.3, 0.4) is 0 Å². The van der Waals surface area contributed by atoms with Crippen LogP contribution in [0.1, 0.15) is 124 Å². The molecule has 2 aromatic carbocycles. The van der Waals surface area contributed by atoms with Crippen molar-refractivity contribution in [1.82, 2.24) is 0 Å². The van der Waals surface area contributed by atoms with Gasteiger partial charge in [-0.15, -0.1) is 11.3 Å². The van der Waals surface area contributed by atoms with E-state index < -0.39 is 0 Å². The van der Waals surface area contributed by atoms with Crippen LogP contribution in [-0.4, -0.2) is 5.97 Å². The van der Waals surface area contributed by atoms with Crippen LogP contribution in [0.2, 0.25) is 0 Å². The number of aryl methyl sites for hydroxylation is 2. The first-order valence-corrected chi connectivity index (χ1v) is 16.0. The monoisotopic (exact) mass is 532 g/mol. The lowest BCUT2D eigenvalue weighted by Gasteiger charge is -2.07. The van der Waals surface area contributed by atoms with Crippen molar-refractivity contribution in [3.8, 4) is 16.9 Å². The van der Waals surface area contributed by atoms with Crippen molar-refractivity contribution >= 4 is 17.3 Å². The summed E-state index contributed by atoms with van der Waals surface area (Å²) in [4.78, 5) is 14.6. The molecule has 0 aliphatic heterocycles. The van der Waals surface area contributed by atoms with Gasteiger partial charge in [0.1, 0.15) is 10.6 Å². The number of carbonyl (C=O) groups is 1. The average molecular weight is 533 g/mol. The molecule has 0 bridgehead atoms. The number of carbonyl (C=O) groups excluding carboxylic acids is 1. The summed E-state index contributed by atoms with van der Waals surface area (Å²) in [7, 11) is 0. The number of hydrogen-bond donors (Lipinski definition) is 0. The molecule has 0 aliphatic rings. The second-order valence-corrected chi connectivity index (χ2v) is 11.8. The summed E-state index contributed by atoms with van der Waals surface area (Å²) < 4.78 is 5.66. The quantitative estimate of drug-likeness (QED) is 0.0871. The molecule has 0 amide bonds. The Labute approximate surface area is 235 Å². The van der Waals surface area contributed by atoms with Crippen molar-refractivity contribution in [2.75, 3.05) is 0 Å². The third-order valence-electron chi connectivity index (χ3n) is 7.31. The van der Waals surface area contributed by atoms with Crippen LogP contribution in [-0.2, 0) is 12.8 Å². The molecule has 3 aromatic rings. The van der Waals surface area contributed by atoms with Crippen molar-refractivity contribution in [3.63, 3.8) is 0 Å². The van der Waals surface area contributed by atoms with Crippen molar-refractivity contribution in [3.05, 3.63) is 76.0 Å². The van der Waals surface area contributed by atoms with Gasteiger partial charge in [-0.3, -0.25) is 0 Å². The second-order valence-electron chi connectivity index (χ2n) is 10.6. The molecular weight excluding hydrogens is 484 g/mol. The molecule has 0 saturated carbocycles. The first-order chi connectivity index (χ1) is 18.7. The van der Waals surface area contributed by atoms with Crippen molar-refractivity contribution in [1.29, 1.82) is 0 Å². The van der Waals surface area contributed by atoms with Gasteiger partial charge >= 0.3 is 5.97 Å². The fourth-order valence-corrected chi connectivity index (χ4v) is 5.83. The molecule has 0 aliphatic carbocycles. The van der Waals surface area contributed by atoms with Crippen molar-refractivity contribution in [2.45, 2.75) is 117 Å². The van der Waals surface area contributed by atoms with Crippen LogP contribution < -0.4 is 4.74 Å².